The average molecular weight is 570 g/mol. The summed E-state index contributed by atoms with van der Waals surface area (Å²) in [6.07, 6.45) is 3.57. The second kappa shape index (κ2) is 13.0. The van der Waals surface area contributed by atoms with Crippen LogP contribution in [0.5, 0.6) is 0 Å². The first kappa shape index (κ1) is 28.3. The van der Waals surface area contributed by atoms with Crippen LogP contribution in [0.3, 0.4) is 0 Å². The molecule has 0 bridgehead atoms. The molecule has 0 spiro atoms. The highest BCUT2D eigenvalue weighted by Gasteiger charge is 2.24. The number of carbonyl (C=O) groups is 2. The van der Waals surface area contributed by atoms with Crippen molar-refractivity contribution < 1.29 is 14.3 Å². The lowest BCUT2D eigenvalue weighted by atomic mass is 10.0. The van der Waals surface area contributed by atoms with E-state index in [1.807, 2.05) is 91.5 Å². The first-order valence-corrected chi connectivity index (χ1v) is 14.6. The highest BCUT2D eigenvalue weighted by molar-refractivity contribution is 8.00. The summed E-state index contributed by atoms with van der Waals surface area (Å²) in [6, 6.07) is 23.5. The largest absolute Gasteiger partial charge is 0.449 e. The van der Waals surface area contributed by atoms with Gasteiger partial charge in [0, 0.05) is 52.6 Å². The van der Waals surface area contributed by atoms with Crippen LogP contribution in [0.2, 0.25) is 0 Å². The number of ether oxygens (including phenoxy) is 1. The molecule has 212 valence electrons. The standard InChI is InChI=1S/C32H35N5O3S/c1-21(22-6-4-3-5-7-22)20-40-32(39)36-26-9-13-29(41-27-10-11-27)24(17-26)19-37(2)30(38)18-35-25-8-12-28-23(16-25)14-15-34-31(28)33/h3-9,12-17,21,27,35H,10-11,18-20H2,1-2H3,(H2,33,34)(H,36,39)/t21-/m1/s1. The lowest BCUT2D eigenvalue weighted by molar-refractivity contribution is -0.128. The van der Waals surface area contributed by atoms with E-state index in [1.54, 1.807) is 18.1 Å². The third-order valence-electron chi connectivity index (χ3n) is 7.03. The minimum absolute atomic E-state index is 0.0469. The minimum atomic E-state index is -0.497. The predicted octanol–water partition coefficient (Wildman–Crippen LogP) is 6.49. The SMILES string of the molecule is C[C@H](COC(=O)Nc1ccc(SC2CC2)c(CN(C)C(=O)CNc2ccc3c(N)nccc3c2)c1)c1ccccc1. The Bertz CT molecular complexity index is 1530. The topological polar surface area (TPSA) is 110 Å². The summed E-state index contributed by atoms with van der Waals surface area (Å²) in [7, 11) is 1.79. The number of nitrogen functional groups attached to an aromatic ring is 1. The van der Waals surface area contributed by atoms with Gasteiger partial charge >= 0.3 is 6.09 Å². The Morgan fingerprint density at radius 1 is 1.07 bits per heavy atom. The van der Waals surface area contributed by atoms with Crippen LogP contribution in [0.15, 0.2) is 83.9 Å². The van der Waals surface area contributed by atoms with Gasteiger partial charge in [-0.05, 0) is 71.8 Å². The van der Waals surface area contributed by atoms with Crippen molar-refractivity contribution in [3.05, 3.63) is 90.1 Å². The van der Waals surface area contributed by atoms with Crippen molar-refractivity contribution in [2.24, 2.45) is 0 Å². The molecule has 4 aromatic rings. The molecule has 8 nitrogen and oxygen atoms in total. The Labute approximate surface area is 244 Å². The first-order valence-electron chi connectivity index (χ1n) is 13.8. The van der Waals surface area contributed by atoms with Crippen LogP contribution >= 0.6 is 11.8 Å². The molecular formula is C32H35N5O3S. The minimum Gasteiger partial charge on any atom is -0.449 e. The van der Waals surface area contributed by atoms with E-state index in [4.69, 9.17) is 10.5 Å². The maximum atomic E-state index is 13.0. The maximum absolute atomic E-state index is 13.0. The quantitative estimate of drug-likeness (QED) is 0.189. The summed E-state index contributed by atoms with van der Waals surface area (Å²) in [5, 5.41) is 8.52. The summed E-state index contributed by atoms with van der Waals surface area (Å²) < 4.78 is 5.49. The molecular weight excluding hydrogens is 534 g/mol. The first-order chi connectivity index (χ1) is 19.9. The van der Waals surface area contributed by atoms with Gasteiger partial charge in [0.2, 0.25) is 5.91 Å². The van der Waals surface area contributed by atoms with Gasteiger partial charge in [-0.15, -0.1) is 11.8 Å². The number of thioether (sulfide) groups is 1. The highest BCUT2D eigenvalue weighted by atomic mass is 32.2. The average Bonchev–Trinajstić information content (AvgIpc) is 3.80. The number of likely N-dealkylation sites (N-methyl/N-ethyl adjacent to an activating group) is 1. The number of nitrogens with two attached hydrogens (primary N) is 1. The fourth-order valence-electron chi connectivity index (χ4n) is 4.46. The number of pyridine rings is 1. The van der Waals surface area contributed by atoms with E-state index < -0.39 is 6.09 Å². The molecule has 1 saturated carbocycles. The smallest absolute Gasteiger partial charge is 0.411 e. The van der Waals surface area contributed by atoms with E-state index in [9.17, 15) is 9.59 Å². The fourth-order valence-corrected chi connectivity index (χ4v) is 5.61. The number of hydrogen-bond acceptors (Lipinski definition) is 7. The number of rotatable bonds is 11. The number of nitrogens with zero attached hydrogens (tertiary/aromatic N) is 2. The molecule has 0 radical (unpaired) electrons. The molecule has 3 aromatic carbocycles. The van der Waals surface area contributed by atoms with E-state index in [0.717, 1.165) is 32.5 Å². The molecule has 0 unspecified atom stereocenters. The number of nitrogens with one attached hydrogen (secondary N) is 2. The van der Waals surface area contributed by atoms with Gasteiger partial charge in [-0.1, -0.05) is 37.3 Å². The Balaban J connectivity index is 1.19. The number of fused-ring (bicyclic) bond motifs is 1. The summed E-state index contributed by atoms with van der Waals surface area (Å²) in [6.45, 7) is 2.88. The van der Waals surface area contributed by atoms with Gasteiger partial charge in [-0.2, -0.15) is 0 Å². The van der Waals surface area contributed by atoms with Gasteiger partial charge < -0.3 is 20.7 Å². The number of carbonyl (C=O) groups excluding carboxylic acids is 2. The Kier molecular flexibility index (Phi) is 8.94. The monoisotopic (exact) mass is 569 g/mol. The highest BCUT2D eigenvalue weighted by Crippen LogP contribution is 2.41. The molecule has 4 N–H and O–H groups in total. The molecule has 1 aliphatic carbocycles. The molecule has 0 aliphatic heterocycles. The third kappa shape index (κ3) is 7.70. The van der Waals surface area contributed by atoms with Crippen LogP contribution in [-0.2, 0) is 16.1 Å². The van der Waals surface area contributed by atoms with Crippen molar-refractivity contribution in [1.29, 1.82) is 0 Å². The zero-order valence-electron chi connectivity index (χ0n) is 23.3. The normalized spacial score (nSPS) is 13.4. The molecule has 1 heterocycles. The van der Waals surface area contributed by atoms with Crippen molar-refractivity contribution in [1.82, 2.24) is 9.88 Å². The molecule has 1 fully saturated rings. The summed E-state index contributed by atoms with van der Waals surface area (Å²) in [4.78, 5) is 32.6. The molecule has 5 rings (SSSR count). The Morgan fingerprint density at radius 2 is 1.85 bits per heavy atom. The zero-order valence-corrected chi connectivity index (χ0v) is 24.1. The van der Waals surface area contributed by atoms with E-state index in [2.05, 4.69) is 15.6 Å². The maximum Gasteiger partial charge on any atom is 0.411 e. The van der Waals surface area contributed by atoms with Crippen molar-refractivity contribution in [2.75, 3.05) is 36.6 Å². The Morgan fingerprint density at radius 3 is 2.63 bits per heavy atom. The predicted molar refractivity (Wildman–Crippen MR) is 166 cm³/mol. The number of hydrogen-bond donors (Lipinski definition) is 3. The van der Waals surface area contributed by atoms with Crippen molar-refractivity contribution in [3.8, 4) is 0 Å². The number of benzene rings is 3. The van der Waals surface area contributed by atoms with Gasteiger partial charge in [0.1, 0.15) is 5.82 Å². The Hall–Kier alpha value is -4.24. The van der Waals surface area contributed by atoms with Gasteiger partial charge in [-0.25, -0.2) is 9.78 Å². The fraction of sp³-hybridized carbons (Fsp3) is 0.281. The molecule has 1 aromatic heterocycles. The number of aromatic nitrogens is 1. The van der Waals surface area contributed by atoms with E-state index in [1.165, 1.54) is 12.8 Å². The van der Waals surface area contributed by atoms with Crippen LogP contribution in [-0.4, -0.2) is 47.3 Å². The molecule has 2 amide bonds. The van der Waals surface area contributed by atoms with Gasteiger partial charge in [0.15, 0.2) is 0 Å². The molecule has 1 atom stereocenters. The lowest BCUT2D eigenvalue weighted by Crippen LogP contribution is -2.32. The molecule has 41 heavy (non-hydrogen) atoms. The van der Waals surface area contributed by atoms with E-state index >= 15 is 0 Å². The summed E-state index contributed by atoms with van der Waals surface area (Å²) >= 11 is 1.83. The van der Waals surface area contributed by atoms with Crippen LogP contribution in [0.25, 0.3) is 10.8 Å². The number of anilines is 3. The second-order valence-corrected chi connectivity index (χ2v) is 11.8. The van der Waals surface area contributed by atoms with E-state index in [-0.39, 0.29) is 25.0 Å². The van der Waals surface area contributed by atoms with Gasteiger partial charge in [0.25, 0.3) is 0 Å². The molecule has 9 heteroatoms. The number of amides is 2. The van der Waals surface area contributed by atoms with Crippen LogP contribution in [0, 0.1) is 0 Å². The molecule has 0 saturated heterocycles. The summed E-state index contributed by atoms with van der Waals surface area (Å²) in [5.41, 5.74) is 9.53. The van der Waals surface area contributed by atoms with Crippen LogP contribution in [0.4, 0.5) is 22.0 Å². The zero-order chi connectivity index (χ0) is 28.8. The van der Waals surface area contributed by atoms with Crippen LogP contribution in [0.1, 0.15) is 36.8 Å². The van der Waals surface area contributed by atoms with Crippen molar-refractivity contribution in [2.45, 2.75) is 42.4 Å². The van der Waals surface area contributed by atoms with E-state index in [0.29, 0.717) is 23.3 Å². The van der Waals surface area contributed by atoms with Gasteiger partial charge in [-0.3, -0.25) is 10.1 Å². The molecule has 1 aliphatic rings. The summed E-state index contributed by atoms with van der Waals surface area (Å²) in [5.74, 6) is 0.527. The van der Waals surface area contributed by atoms with Crippen molar-refractivity contribution in [3.63, 3.8) is 0 Å². The lowest BCUT2D eigenvalue weighted by Gasteiger charge is -2.21. The van der Waals surface area contributed by atoms with Crippen molar-refractivity contribution >= 4 is 51.7 Å². The van der Waals surface area contributed by atoms with Gasteiger partial charge in [0.05, 0.1) is 13.2 Å². The van der Waals surface area contributed by atoms with Crippen LogP contribution < -0.4 is 16.4 Å². The second-order valence-electron chi connectivity index (χ2n) is 10.4. The third-order valence-corrected chi connectivity index (χ3v) is 8.49.